The fourth-order valence-corrected chi connectivity index (χ4v) is 4.91. The molecule has 0 atom stereocenters. The fourth-order valence-electron chi connectivity index (χ4n) is 4.00. The van der Waals surface area contributed by atoms with Crippen molar-refractivity contribution in [2.24, 2.45) is 0 Å². The lowest BCUT2D eigenvalue weighted by Gasteiger charge is -2.24. The molecule has 0 aromatic heterocycles. The van der Waals surface area contributed by atoms with E-state index >= 15 is 0 Å². The number of nitrogens with one attached hydrogen (secondary N) is 1. The summed E-state index contributed by atoms with van der Waals surface area (Å²) in [5.74, 6) is -0.215. The molecule has 0 heterocycles. The van der Waals surface area contributed by atoms with Crippen molar-refractivity contribution in [3.8, 4) is 0 Å². The van der Waals surface area contributed by atoms with E-state index in [1.165, 1.54) is 18.4 Å². The van der Waals surface area contributed by atoms with Crippen LogP contribution in [-0.4, -0.2) is 31.7 Å². The second kappa shape index (κ2) is 15.8. The molecular weight excluding hydrogens is 480 g/mol. The van der Waals surface area contributed by atoms with Crippen molar-refractivity contribution in [1.82, 2.24) is 5.32 Å². The molecule has 0 fully saturated rings. The summed E-state index contributed by atoms with van der Waals surface area (Å²) in [6.07, 6.45) is 5.55. The van der Waals surface area contributed by atoms with Crippen LogP contribution >= 0.6 is 11.8 Å². The number of amides is 2. The van der Waals surface area contributed by atoms with Crippen molar-refractivity contribution in [3.63, 3.8) is 0 Å². The van der Waals surface area contributed by atoms with E-state index in [0.717, 1.165) is 40.3 Å². The van der Waals surface area contributed by atoms with Gasteiger partial charge >= 0.3 is 12.0 Å². The Morgan fingerprint density at radius 1 is 0.838 bits per heavy atom. The minimum absolute atomic E-state index is 0.0560. The number of esters is 1. The van der Waals surface area contributed by atoms with Crippen molar-refractivity contribution >= 4 is 29.4 Å². The number of rotatable bonds is 14. The normalized spacial score (nSPS) is 10.6. The first-order valence-corrected chi connectivity index (χ1v) is 14.0. The van der Waals surface area contributed by atoms with Crippen LogP contribution in [0.25, 0.3) is 0 Å². The lowest BCUT2D eigenvalue weighted by molar-refractivity contribution is -0.142. The molecule has 3 rings (SSSR count). The van der Waals surface area contributed by atoms with Crippen LogP contribution < -0.4 is 10.2 Å². The van der Waals surface area contributed by atoms with Crippen molar-refractivity contribution in [2.45, 2.75) is 62.2 Å². The number of nitrogens with zero attached hydrogens (tertiary/aromatic N) is 1. The van der Waals surface area contributed by atoms with Crippen LogP contribution in [0.4, 0.5) is 10.5 Å². The third-order valence-corrected chi connectivity index (χ3v) is 6.95. The number of anilines is 1. The molecule has 6 heteroatoms. The van der Waals surface area contributed by atoms with Gasteiger partial charge in [-0.05, 0) is 67.3 Å². The average molecular weight is 519 g/mol. The molecule has 0 spiro atoms. The highest BCUT2D eigenvalue weighted by Crippen LogP contribution is 2.30. The number of unbranched alkanes of at least 4 members (excludes halogenated alkanes) is 3. The fraction of sp³-hybridized carbons (Fsp3) is 0.355. The lowest BCUT2D eigenvalue weighted by Crippen LogP contribution is -2.41. The molecule has 196 valence electrons. The van der Waals surface area contributed by atoms with E-state index in [1.54, 1.807) is 11.8 Å². The number of benzene rings is 3. The van der Waals surface area contributed by atoms with Gasteiger partial charge in [0, 0.05) is 28.6 Å². The van der Waals surface area contributed by atoms with Gasteiger partial charge in [-0.2, -0.15) is 0 Å². The lowest BCUT2D eigenvalue weighted by atomic mass is 10.1. The van der Waals surface area contributed by atoms with Crippen molar-refractivity contribution in [3.05, 3.63) is 90.0 Å². The van der Waals surface area contributed by atoms with Crippen molar-refractivity contribution < 1.29 is 14.3 Å². The summed E-state index contributed by atoms with van der Waals surface area (Å²) < 4.78 is 5.07. The third-order valence-electron chi connectivity index (χ3n) is 5.95. The van der Waals surface area contributed by atoms with E-state index in [-0.39, 0.29) is 18.4 Å². The number of hydrogen-bond donors (Lipinski definition) is 1. The van der Waals surface area contributed by atoms with Gasteiger partial charge in [0.25, 0.3) is 0 Å². The van der Waals surface area contributed by atoms with Crippen LogP contribution in [0.5, 0.6) is 0 Å². The highest BCUT2D eigenvalue weighted by atomic mass is 32.2. The summed E-state index contributed by atoms with van der Waals surface area (Å²) in [7, 11) is 0. The van der Waals surface area contributed by atoms with Gasteiger partial charge in [-0.1, -0.05) is 80.4 Å². The van der Waals surface area contributed by atoms with Gasteiger partial charge in [-0.25, -0.2) is 4.79 Å². The summed E-state index contributed by atoms with van der Waals surface area (Å²) in [5, 5.41) is 3.11. The predicted octanol–water partition coefficient (Wildman–Crippen LogP) is 7.28. The van der Waals surface area contributed by atoms with Crippen LogP contribution in [0.1, 0.15) is 50.7 Å². The van der Waals surface area contributed by atoms with Crippen LogP contribution in [-0.2, 0) is 22.4 Å². The molecule has 3 aromatic rings. The smallest absolute Gasteiger partial charge is 0.321 e. The number of hydrogen-bond acceptors (Lipinski definition) is 4. The Kier molecular flexibility index (Phi) is 12.1. The summed E-state index contributed by atoms with van der Waals surface area (Å²) in [6, 6.07) is 26.3. The minimum atomic E-state index is -0.215. The first kappa shape index (κ1) is 28.3. The van der Waals surface area contributed by atoms with E-state index in [2.05, 4.69) is 24.4 Å². The second-order valence-corrected chi connectivity index (χ2v) is 10.1. The van der Waals surface area contributed by atoms with Gasteiger partial charge < -0.3 is 10.1 Å². The Balaban J connectivity index is 1.66. The molecule has 0 aliphatic carbocycles. The monoisotopic (exact) mass is 518 g/mol. The summed E-state index contributed by atoms with van der Waals surface area (Å²) in [6.45, 7) is 5.68. The Labute approximate surface area is 225 Å². The first-order valence-electron chi connectivity index (χ1n) is 13.2. The van der Waals surface area contributed by atoms with E-state index in [4.69, 9.17) is 4.74 Å². The molecule has 0 aliphatic rings. The number of urea groups is 1. The number of carbonyl (C=O) groups excluding carboxylic acids is 2. The highest BCUT2D eigenvalue weighted by Gasteiger charge is 2.16. The SMILES string of the molecule is CCCCCCNC(=O)N(CCc1ccccc1)c1ccc(Sc2cccc(CC(=O)OCC)c2)cc1. The zero-order valence-electron chi connectivity index (χ0n) is 21.9. The maximum Gasteiger partial charge on any atom is 0.321 e. The van der Waals surface area contributed by atoms with Crippen LogP contribution in [0.15, 0.2) is 88.7 Å². The Morgan fingerprint density at radius 3 is 2.32 bits per heavy atom. The molecule has 0 unspecified atom stereocenters. The van der Waals surface area contributed by atoms with Crippen molar-refractivity contribution in [1.29, 1.82) is 0 Å². The quantitative estimate of drug-likeness (QED) is 0.180. The summed E-state index contributed by atoms with van der Waals surface area (Å²) >= 11 is 1.63. The minimum Gasteiger partial charge on any atom is -0.466 e. The zero-order valence-corrected chi connectivity index (χ0v) is 22.8. The van der Waals surface area contributed by atoms with E-state index in [0.29, 0.717) is 19.7 Å². The average Bonchev–Trinajstić information content (AvgIpc) is 2.90. The Hall–Kier alpha value is -3.25. The third kappa shape index (κ3) is 9.96. The highest BCUT2D eigenvalue weighted by molar-refractivity contribution is 7.99. The van der Waals surface area contributed by atoms with Gasteiger partial charge in [0.2, 0.25) is 0 Å². The standard InChI is InChI=1S/C31H38N2O3S/c1-3-5-6-10-21-32-31(35)33(22-20-25-12-8-7-9-13-25)27-16-18-28(19-17-27)37-29-15-11-14-26(23-29)24-30(34)36-4-2/h7-9,11-19,23H,3-6,10,20-22,24H2,1-2H3,(H,32,35). The van der Waals surface area contributed by atoms with E-state index < -0.39 is 0 Å². The molecule has 0 bridgehead atoms. The summed E-state index contributed by atoms with van der Waals surface area (Å²) in [4.78, 5) is 28.9. The van der Waals surface area contributed by atoms with Gasteiger partial charge in [0.15, 0.2) is 0 Å². The zero-order chi connectivity index (χ0) is 26.3. The van der Waals surface area contributed by atoms with Crippen LogP contribution in [0.3, 0.4) is 0 Å². The molecule has 0 aliphatic heterocycles. The van der Waals surface area contributed by atoms with Crippen LogP contribution in [0, 0.1) is 0 Å². The maximum atomic E-state index is 13.1. The van der Waals surface area contributed by atoms with Gasteiger partial charge in [-0.3, -0.25) is 9.69 Å². The Morgan fingerprint density at radius 2 is 1.59 bits per heavy atom. The van der Waals surface area contributed by atoms with Gasteiger partial charge in [-0.15, -0.1) is 0 Å². The van der Waals surface area contributed by atoms with E-state index in [9.17, 15) is 9.59 Å². The Bertz CT molecular complexity index is 1100. The molecule has 0 saturated carbocycles. The topological polar surface area (TPSA) is 58.6 Å². The van der Waals surface area contributed by atoms with Gasteiger partial charge in [0.1, 0.15) is 0 Å². The molecule has 3 aromatic carbocycles. The van der Waals surface area contributed by atoms with Crippen molar-refractivity contribution in [2.75, 3.05) is 24.6 Å². The molecule has 1 N–H and O–H groups in total. The molecule has 5 nitrogen and oxygen atoms in total. The largest absolute Gasteiger partial charge is 0.466 e. The summed E-state index contributed by atoms with van der Waals surface area (Å²) in [5.41, 5.74) is 3.02. The van der Waals surface area contributed by atoms with E-state index in [1.807, 2.05) is 78.6 Å². The van der Waals surface area contributed by atoms with Gasteiger partial charge in [0.05, 0.1) is 13.0 Å². The molecule has 37 heavy (non-hydrogen) atoms. The maximum absolute atomic E-state index is 13.1. The molecule has 2 amide bonds. The first-order chi connectivity index (χ1) is 18.1. The molecule has 0 radical (unpaired) electrons. The van der Waals surface area contributed by atoms with Crippen LogP contribution in [0.2, 0.25) is 0 Å². The predicted molar refractivity (Wildman–Crippen MR) is 152 cm³/mol. The molecular formula is C31H38N2O3S. The molecule has 0 saturated heterocycles. The number of ether oxygens (including phenoxy) is 1. The number of carbonyl (C=O) groups is 2. The second-order valence-electron chi connectivity index (χ2n) is 8.90.